The van der Waals surface area contributed by atoms with Crippen LogP contribution in [0.1, 0.15) is 6.42 Å². The second-order valence-electron chi connectivity index (χ2n) is 2.38. The number of amides is 1. The van der Waals surface area contributed by atoms with Gasteiger partial charge in [0.15, 0.2) is 0 Å². The highest BCUT2D eigenvalue weighted by atomic mass is 16.5. The van der Waals surface area contributed by atoms with Crippen LogP contribution in [0.4, 0.5) is 0 Å². The van der Waals surface area contributed by atoms with Gasteiger partial charge in [0.25, 0.3) is 5.91 Å². The molecule has 0 aromatic rings. The summed E-state index contributed by atoms with van der Waals surface area (Å²) >= 11 is 0. The van der Waals surface area contributed by atoms with Crippen LogP contribution in [0, 0.1) is 0 Å². The zero-order valence-electron chi connectivity index (χ0n) is 5.76. The Balaban J connectivity index is 2.32. The van der Waals surface area contributed by atoms with Crippen LogP contribution in [0.25, 0.3) is 0 Å². The summed E-state index contributed by atoms with van der Waals surface area (Å²) < 4.78 is 4.96. The molecule has 0 aromatic heterocycles. The Morgan fingerprint density at radius 3 is 2.33 bits per heavy atom. The van der Waals surface area contributed by atoms with Crippen LogP contribution < -0.4 is 0 Å². The Morgan fingerprint density at radius 2 is 2.22 bits per heavy atom. The van der Waals surface area contributed by atoms with E-state index in [0.717, 1.165) is 13.0 Å². The van der Waals surface area contributed by atoms with Crippen LogP contribution >= 0.6 is 0 Å². The van der Waals surface area contributed by atoms with Crippen molar-refractivity contribution >= 4 is 5.91 Å². The summed E-state index contributed by atoms with van der Waals surface area (Å²) in [7, 11) is 3.48. The van der Waals surface area contributed by atoms with Crippen LogP contribution in [0.3, 0.4) is 0 Å². The molecule has 1 fully saturated rings. The third-order valence-electron chi connectivity index (χ3n) is 1.42. The van der Waals surface area contributed by atoms with Crippen molar-refractivity contribution in [2.45, 2.75) is 12.5 Å². The molecular formula is C6H11NO2. The van der Waals surface area contributed by atoms with E-state index in [1.54, 1.807) is 19.0 Å². The molecule has 1 rings (SSSR count). The molecule has 1 aliphatic rings. The lowest BCUT2D eigenvalue weighted by Gasteiger charge is -2.27. The van der Waals surface area contributed by atoms with E-state index in [-0.39, 0.29) is 12.0 Å². The molecule has 3 heteroatoms. The van der Waals surface area contributed by atoms with Gasteiger partial charge in [0.2, 0.25) is 0 Å². The first-order chi connectivity index (χ1) is 4.22. The molecule has 1 heterocycles. The minimum Gasteiger partial charge on any atom is -0.368 e. The second kappa shape index (κ2) is 2.35. The normalized spacial score (nSPS) is 24.9. The fourth-order valence-electron chi connectivity index (χ4n) is 0.718. The van der Waals surface area contributed by atoms with Crippen molar-refractivity contribution in [3.63, 3.8) is 0 Å². The number of hydrogen-bond acceptors (Lipinski definition) is 2. The Bertz CT molecular complexity index is 118. The number of nitrogens with zero attached hydrogens (tertiary/aromatic N) is 1. The number of rotatable bonds is 1. The summed E-state index contributed by atoms with van der Waals surface area (Å²) in [6.07, 6.45) is 0.747. The molecule has 9 heavy (non-hydrogen) atoms. The number of carbonyl (C=O) groups is 1. The molecule has 1 aliphatic heterocycles. The molecule has 0 spiro atoms. The monoisotopic (exact) mass is 129 g/mol. The van der Waals surface area contributed by atoms with Crippen molar-refractivity contribution in [1.29, 1.82) is 0 Å². The summed E-state index contributed by atoms with van der Waals surface area (Å²) in [6.45, 7) is 0.740. The molecular weight excluding hydrogens is 118 g/mol. The minimum absolute atomic E-state index is 0.0845. The first-order valence-electron chi connectivity index (χ1n) is 3.04. The van der Waals surface area contributed by atoms with Crippen molar-refractivity contribution in [3.05, 3.63) is 0 Å². The van der Waals surface area contributed by atoms with Crippen molar-refractivity contribution < 1.29 is 9.53 Å². The summed E-state index contributed by atoms with van der Waals surface area (Å²) in [5, 5.41) is 0. The highest BCUT2D eigenvalue weighted by molar-refractivity contribution is 5.80. The number of likely N-dealkylation sites (N-methyl/N-ethyl adjacent to an activating group) is 1. The first kappa shape index (κ1) is 6.55. The van der Waals surface area contributed by atoms with E-state index in [2.05, 4.69) is 0 Å². The minimum atomic E-state index is -0.139. The molecule has 0 aromatic carbocycles. The van der Waals surface area contributed by atoms with Gasteiger partial charge in [0, 0.05) is 20.5 Å². The fourth-order valence-corrected chi connectivity index (χ4v) is 0.718. The maximum atomic E-state index is 10.9. The summed E-state index contributed by atoms with van der Waals surface area (Å²) in [4.78, 5) is 12.5. The maximum absolute atomic E-state index is 10.9. The molecule has 1 amide bonds. The molecule has 1 atom stereocenters. The van der Waals surface area contributed by atoms with E-state index in [0.29, 0.717) is 0 Å². The van der Waals surface area contributed by atoms with Crippen molar-refractivity contribution in [3.8, 4) is 0 Å². The van der Waals surface area contributed by atoms with Crippen LogP contribution in [0.2, 0.25) is 0 Å². The molecule has 0 saturated carbocycles. The summed E-state index contributed by atoms with van der Waals surface area (Å²) in [6, 6.07) is 0. The zero-order chi connectivity index (χ0) is 6.85. The molecule has 1 unspecified atom stereocenters. The van der Waals surface area contributed by atoms with Crippen molar-refractivity contribution in [1.82, 2.24) is 4.90 Å². The van der Waals surface area contributed by atoms with Crippen LogP contribution in [0.5, 0.6) is 0 Å². The topological polar surface area (TPSA) is 29.5 Å². The van der Waals surface area contributed by atoms with Gasteiger partial charge in [-0.25, -0.2) is 0 Å². The lowest BCUT2D eigenvalue weighted by molar-refractivity contribution is -0.153. The Labute approximate surface area is 54.6 Å². The van der Waals surface area contributed by atoms with E-state index in [1.807, 2.05) is 0 Å². The first-order valence-corrected chi connectivity index (χ1v) is 3.04. The summed E-state index contributed by atoms with van der Waals surface area (Å²) in [5.41, 5.74) is 0. The van der Waals surface area contributed by atoms with Crippen LogP contribution in [0.15, 0.2) is 0 Å². The van der Waals surface area contributed by atoms with Gasteiger partial charge in [-0.05, 0) is 0 Å². The molecule has 0 bridgehead atoms. The SMILES string of the molecule is CN(C)C(=O)C1CCO1. The molecule has 0 radical (unpaired) electrons. The van der Waals surface area contributed by atoms with Gasteiger partial charge in [0.1, 0.15) is 6.10 Å². The van der Waals surface area contributed by atoms with Gasteiger partial charge in [-0.1, -0.05) is 0 Å². The third kappa shape index (κ3) is 1.21. The van der Waals surface area contributed by atoms with Gasteiger partial charge in [0.05, 0.1) is 6.61 Å². The lowest BCUT2D eigenvalue weighted by Crippen LogP contribution is -2.42. The van der Waals surface area contributed by atoms with Gasteiger partial charge in [-0.2, -0.15) is 0 Å². The van der Waals surface area contributed by atoms with Crippen molar-refractivity contribution in [2.75, 3.05) is 20.7 Å². The highest BCUT2D eigenvalue weighted by Crippen LogP contribution is 2.11. The molecule has 3 nitrogen and oxygen atoms in total. The number of ether oxygens (including phenoxy) is 1. The standard InChI is InChI=1S/C6H11NO2/c1-7(2)6(8)5-3-4-9-5/h5H,3-4H2,1-2H3. The Hall–Kier alpha value is -0.570. The summed E-state index contributed by atoms with van der Waals surface area (Å²) in [5.74, 6) is 0.0845. The van der Waals surface area contributed by atoms with Crippen LogP contribution in [-0.2, 0) is 9.53 Å². The van der Waals surface area contributed by atoms with Crippen LogP contribution in [-0.4, -0.2) is 37.6 Å². The van der Waals surface area contributed by atoms with E-state index >= 15 is 0 Å². The quantitative estimate of drug-likeness (QED) is 0.493. The fraction of sp³-hybridized carbons (Fsp3) is 0.833. The van der Waals surface area contributed by atoms with E-state index in [9.17, 15) is 4.79 Å². The largest absolute Gasteiger partial charge is 0.368 e. The highest BCUT2D eigenvalue weighted by Gasteiger charge is 2.27. The van der Waals surface area contributed by atoms with Gasteiger partial charge >= 0.3 is 0 Å². The average Bonchev–Trinajstić information content (AvgIpc) is 1.60. The molecule has 52 valence electrons. The number of hydrogen-bond donors (Lipinski definition) is 0. The molecule has 0 N–H and O–H groups in total. The predicted molar refractivity (Wildman–Crippen MR) is 33.1 cm³/mol. The molecule has 1 saturated heterocycles. The number of carbonyl (C=O) groups excluding carboxylic acids is 1. The van der Waals surface area contributed by atoms with Gasteiger partial charge in [-0.3, -0.25) is 4.79 Å². The Kier molecular flexibility index (Phi) is 1.71. The van der Waals surface area contributed by atoms with Gasteiger partial charge < -0.3 is 9.64 Å². The van der Waals surface area contributed by atoms with Gasteiger partial charge in [-0.15, -0.1) is 0 Å². The Morgan fingerprint density at radius 1 is 1.67 bits per heavy atom. The van der Waals surface area contributed by atoms with E-state index < -0.39 is 0 Å². The van der Waals surface area contributed by atoms with E-state index in [1.165, 1.54) is 0 Å². The predicted octanol–water partition coefficient (Wildman–Crippen LogP) is -0.137. The second-order valence-corrected chi connectivity index (χ2v) is 2.38. The average molecular weight is 129 g/mol. The third-order valence-corrected chi connectivity index (χ3v) is 1.42. The lowest BCUT2D eigenvalue weighted by atomic mass is 10.2. The smallest absolute Gasteiger partial charge is 0.251 e. The van der Waals surface area contributed by atoms with E-state index in [4.69, 9.17) is 4.74 Å². The maximum Gasteiger partial charge on any atom is 0.251 e. The zero-order valence-corrected chi connectivity index (χ0v) is 5.76. The molecule has 0 aliphatic carbocycles. The van der Waals surface area contributed by atoms with Crippen molar-refractivity contribution in [2.24, 2.45) is 0 Å².